The quantitative estimate of drug-likeness (QED) is 0.490. The molecular weight excluding hydrogens is 246 g/mol. The predicted octanol–water partition coefficient (Wildman–Crippen LogP) is 2.98. The maximum Gasteiger partial charge on any atom is 0.326 e. The lowest BCUT2D eigenvalue weighted by Gasteiger charge is -2.28. The normalized spacial score (nSPS) is 18.4. The van der Waals surface area contributed by atoms with Crippen molar-refractivity contribution in [3.8, 4) is 0 Å². The number of nitrogens with one attached hydrogen (secondary N) is 1. The van der Waals surface area contributed by atoms with E-state index in [9.17, 15) is 4.79 Å². The second-order valence-electron chi connectivity index (χ2n) is 5.19. The summed E-state index contributed by atoms with van der Waals surface area (Å²) in [5, 5.41) is 3.45. The molecular formula is C14H27NO2S. The summed E-state index contributed by atoms with van der Waals surface area (Å²) in [6.07, 6.45) is 5.74. The molecule has 0 radical (unpaired) electrons. The number of carbonyl (C=O) groups excluding carboxylic acids is 1. The minimum absolute atomic E-state index is 0.0898. The van der Waals surface area contributed by atoms with Gasteiger partial charge in [-0.25, -0.2) is 0 Å². The van der Waals surface area contributed by atoms with E-state index in [1.165, 1.54) is 31.4 Å². The number of carbonyl (C=O) groups is 1. The SMILES string of the molecule is CCCCSCCC(C)(NC1CC1)C(=O)OCC. The molecule has 1 atom stereocenters. The summed E-state index contributed by atoms with van der Waals surface area (Å²) in [4.78, 5) is 12.1. The maximum atomic E-state index is 12.1. The van der Waals surface area contributed by atoms with Gasteiger partial charge in [0.05, 0.1) is 6.61 Å². The minimum Gasteiger partial charge on any atom is -0.465 e. The van der Waals surface area contributed by atoms with E-state index < -0.39 is 5.54 Å². The molecule has 18 heavy (non-hydrogen) atoms. The second-order valence-corrected chi connectivity index (χ2v) is 6.41. The Labute approximate surface area is 115 Å². The van der Waals surface area contributed by atoms with Gasteiger partial charge in [-0.1, -0.05) is 13.3 Å². The third-order valence-corrected chi connectivity index (χ3v) is 4.28. The Morgan fingerprint density at radius 2 is 2.11 bits per heavy atom. The van der Waals surface area contributed by atoms with Crippen LogP contribution < -0.4 is 5.32 Å². The lowest BCUT2D eigenvalue weighted by molar-refractivity contribution is -0.150. The number of hydrogen-bond acceptors (Lipinski definition) is 4. The van der Waals surface area contributed by atoms with E-state index in [0.29, 0.717) is 12.6 Å². The number of rotatable bonds is 10. The Morgan fingerprint density at radius 3 is 2.67 bits per heavy atom. The lowest BCUT2D eigenvalue weighted by Crippen LogP contribution is -2.52. The fourth-order valence-corrected chi connectivity index (χ4v) is 3.08. The van der Waals surface area contributed by atoms with Gasteiger partial charge in [0, 0.05) is 6.04 Å². The van der Waals surface area contributed by atoms with Crippen LogP contribution in [0.2, 0.25) is 0 Å². The molecule has 0 heterocycles. The average molecular weight is 273 g/mol. The van der Waals surface area contributed by atoms with E-state index in [4.69, 9.17) is 4.74 Å². The number of unbranched alkanes of at least 4 members (excludes halogenated alkanes) is 1. The van der Waals surface area contributed by atoms with Crippen molar-refractivity contribution in [2.24, 2.45) is 0 Å². The molecule has 1 N–H and O–H groups in total. The van der Waals surface area contributed by atoms with E-state index in [1.807, 2.05) is 25.6 Å². The van der Waals surface area contributed by atoms with Crippen molar-refractivity contribution < 1.29 is 9.53 Å². The summed E-state index contributed by atoms with van der Waals surface area (Å²) in [5.41, 5.74) is -0.490. The molecule has 0 aromatic heterocycles. The van der Waals surface area contributed by atoms with Crippen LogP contribution in [0.15, 0.2) is 0 Å². The van der Waals surface area contributed by atoms with Crippen LogP contribution in [0.25, 0.3) is 0 Å². The zero-order valence-electron chi connectivity index (χ0n) is 12.0. The van der Waals surface area contributed by atoms with Crippen LogP contribution in [0.4, 0.5) is 0 Å². The molecule has 0 bridgehead atoms. The van der Waals surface area contributed by atoms with Gasteiger partial charge in [-0.15, -0.1) is 0 Å². The molecule has 1 aliphatic rings. The first-order valence-corrected chi connectivity index (χ1v) is 8.30. The highest BCUT2D eigenvalue weighted by Crippen LogP contribution is 2.26. The van der Waals surface area contributed by atoms with Crippen molar-refractivity contribution >= 4 is 17.7 Å². The maximum absolute atomic E-state index is 12.1. The largest absolute Gasteiger partial charge is 0.465 e. The van der Waals surface area contributed by atoms with Crippen LogP contribution in [-0.2, 0) is 9.53 Å². The monoisotopic (exact) mass is 273 g/mol. The predicted molar refractivity (Wildman–Crippen MR) is 78.0 cm³/mol. The molecule has 1 unspecified atom stereocenters. The molecule has 0 aromatic rings. The molecule has 1 fully saturated rings. The summed E-state index contributed by atoms with van der Waals surface area (Å²) >= 11 is 1.94. The van der Waals surface area contributed by atoms with Crippen molar-refractivity contribution in [3.63, 3.8) is 0 Å². The van der Waals surface area contributed by atoms with Gasteiger partial charge in [-0.3, -0.25) is 10.1 Å². The van der Waals surface area contributed by atoms with Crippen molar-refractivity contribution in [2.75, 3.05) is 18.1 Å². The first-order chi connectivity index (χ1) is 8.62. The van der Waals surface area contributed by atoms with E-state index in [2.05, 4.69) is 12.2 Å². The Balaban J connectivity index is 2.35. The highest BCUT2D eigenvalue weighted by Gasteiger charge is 2.39. The standard InChI is InChI=1S/C14H27NO2S/c1-4-6-10-18-11-9-14(3,13(16)17-5-2)15-12-7-8-12/h12,15H,4-11H2,1-3H3. The summed E-state index contributed by atoms with van der Waals surface area (Å²) in [7, 11) is 0. The lowest BCUT2D eigenvalue weighted by atomic mass is 9.99. The number of hydrogen-bond donors (Lipinski definition) is 1. The van der Waals surface area contributed by atoms with Gasteiger partial charge in [-0.05, 0) is 51.0 Å². The molecule has 1 aliphatic carbocycles. The first kappa shape index (κ1) is 15.8. The molecule has 0 amide bonds. The minimum atomic E-state index is -0.490. The van der Waals surface area contributed by atoms with Gasteiger partial charge in [-0.2, -0.15) is 11.8 Å². The molecule has 4 heteroatoms. The van der Waals surface area contributed by atoms with Gasteiger partial charge in [0.25, 0.3) is 0 Å². The molecule has 3 nitrogen and oxygen atoms in total. The Hall–Kier alpha value is -0.220. The van der Waals surface area contributed by atoms with Gasteiger partial charge >= 0.3 is 5.97 Å². The van der Waals surface area contributed by atoms with Crippen LogP contribution in [-0.4, -0.2) is 35.7 Å². The van der Waals surface area contributed by atoms with Crippen molar-refractivity contribution in [2.45, 2.75) is 64.5 Å². The zero-order valence-corrected chi connectivity index (χ0v) is 12.8. The molecule has 1 rings (SSSR count). The van der Waals surface area contributed by atoms with Gasteiger partial charge in [0.15, 0.2) is 0 Å². The number of ether oxygens (including phenoxy) is 1. The summed E-state index contributed by atoms with van der Waals surface area (Å²) in [6.45, 7) is 6.52. The van der Waals surface area contributed by atoms with Crippen molar-refractivity contribution in [1.29, 1.82) is 0 Å². The summed E-state index contributed by atoms with van der Waals surface area (Å²) in [5.74, 6) is 2.13. The van der Waals surface area contributed by atoms with E-state index in [-0.39, 0.29) is 5.97 Å². The van der Waals surface area contributed by atoms with E-state index in [1.54, 1.807) is 0 Å². The topological polar surface area (TPSA) is 38.3 Å². The highest BCUT2D eigenvalue weighted by atomic mass is 32.2. The second kappa shape index (κ2) is 8.05. The summed E-state index contributed by atoms with van der Waals surface area (Å²) in [6, 6.07) is 0.528. The van der Waals surface area contributed by atoms with Crippen LogP contribution in [0.5, 0.6) is 0 Å². The Bertz CT molecular complexity index is 256. The van der Waals surface area contributed by atoms with Crippen LogP contribution >= 0.6 is 11.8 Å². The molecule has 0 spiro atoms. The molecule has 0 saturated heterocycles. The first-order valence-electron chi connectivity index (χ1n) is 7.15. The molecule has 0 aliphatic heterocycles. The van der Waals surface area contributed by atoms with Crippen LogP contribution in [0.3, 0.4) is 0 Å². The molecule has 0 aromatic carbocycles. The highest BCUT2D eigenvalue weighted by molar-refractivity contribution is 7.99. The van der Waals surface area contributed by atoms with Crippen molar-refractivity contribution in [3.05, 3.63) is 0 Å². The number of esters is 1. The smallest absolute Gasteiger partial charge is 0.326 e. The Morgan fingerprint density at radius 1 is 1.39 bits per heavy atom. The van der Waals surface area contributed by atoms with Gasteiger partial charge < -0.3 is 4.74 Å². The number of thioether (sulfide) groups is 1. The molecule has 1 saturated carbocycles. The third-order valence-electron chi connectivity index (χ3n) is 3.21. The van der Waals surface area contributed by atoms with Crippen LogP contribution in [0.1, 0.15) is 52.9 Å². The fourth-order valence-electron chi connectivity index (χ4n) is 1.83. The van der Waals surface area contributed by atoms with E-state index in [0.717, 1.165) is 12.2 Å². The summed E-state index contributed by atoms with van der Waals surface area (Å²) < 4.78 is 5.20. The molecule has 106 valence electrons. The van der Waals surface area contributed by atoms with Gasteiger partial charge in [0.2, 0.25) is 0 Å². The van der Waals surface area contributed by atoms with Crippen LogP contribution in [0, 0.1) is 0 Å². The van der Waals surface area contributed by atoms with Gasteiger partial charge in [0.1, 0.15) is 5.54 Å². The fraction of sp³-hybridized carbons (Fsp3) is 0.929. The van der Waals surface area contributed by atoms with E-state index >= 15 is 0 Å². The average Bonchev–Trinajstić information content (AvgIpc) is 3.13. The Kier molecular flexibility index (Phi) is 7.08. The third kappa shape index (κ3) is 5.61. The zero-order chi connectivity index (χ0) is 13.4. The van der Waals surface area contributed by atoms with Crippen molar-refractivity contribution in [1.82, 2.24) is 5.32 Å².